The molecule has 0 heterocycles. The fraction of sp³-hybridized carbons (Fsp3) is 0.800. The van der Waals surface area contributed by atoms with Crippen molar-refractivity contribution < 1.29 is 23.9 Å². The fourth-order valence-electron chi connectivity index (χ4n) is 0.380. The van der Waals surface area contributed by atoms with Gasteiger partial charge in [-0.1, -0.05) is 6.92 Å². The summed E-state index contributed by atoms with van der Waals surface area (Å²) in [4.78, 5) is 27.1. The first-order valence-electron chi connectivity index (χ1n) is 3.09. The Bertz CT molecular complexity index is 172. The molecule has 2 N–H and O–H groups in total. The Morgan fingerprint density at radius 2 is 2.09 bits per heavy atom. The fourth-order valence-corrected chi connectivity index (χ4v) is 0.710. The van der Waals surface area contributed by atoms with Gasteiger partial charge in [0.25, 0.3) is 0 Å². The van der Waals surface area contributed by atoms with Gasteiger partial charge < -0.3 is 14.5 Å². The van der Waals surface area contributed by atoms with Crippen LogP contribution >= 0.6 is 7.60 Å². The largest absolute Gasteiger partial charge is 0.361 e. The van der Waals surface area contributed by atoms with Crippen LogP contribution in [0.3, 0.4) is 0 Å². The second kappa shape index (κ2) is 4.62. The summed E-state index contributed by atoms with van der Waals surface area (Å²) < 4.78 is 14.6. The van der Waals surface area contributed by atoms with E-state index in [1.807, 2.05) is 0 Å². The molecule has 0 amide bonds. The first-order valence-corrected chi connectivity index (χ1v) is 4.89. The van der Waals surface area contributed by atoms with Crippen LogP contribution in [-0.2, 0) is 14.1 Å². The monoisotopic (exact) mass is 182 g/mol. The maximum absolute atomic E-state index is 10.5. The summed E-state index contributed by atoms with van der Waals surface area (Å²) in [6.07, 6.45) is -0.361. The zero-order valence-corrected chi connectivity index (χ0v) is 7.08. The number of ketones is 1. The highest BCUT2D eigenvalue weighted by atomic mass is 31.2. The minimum absolute atomic E-state index is 0.168. The molecule has 0 aromatic carbocycles. The van der Waals surface area contributed by atoms with E-state index in [-0.39, 0.29) is 12.4 Å². The summed E-state index contributed by atoms with van der Waals surface area (Å²) in [7, 11) is -4.11. The second-order valence-corrected chi connectivity index (χ2v) is 3.62. The molecule has 11 heavy (non-hydrogen) atoms. The van der Waals surface area contributed by atoms with Crippen molar-refractivity contribution in [1.82, 2.24) is 0 Å². The van der Waals surface area contributed by atoms with E-state index in [2.05, 4.69) is 4.74 Å². The molecule has 0 saturated carbocycles. The van der Waals surface area contributed by atoms with Gasteiger partial charge in [-0.25, -0.2) is 0 Å². The lowest BCUT2D eigenvalue weighted by Gasteiger charge is -2.03. The molecule has 0 rings (SSSR count). The highest BCUT2D eigenvalue weighted by Gasteiger charge is 2.13. The predicted molar refractivity (Wildman–Crippen MR) is 38.2 cm³/mol. The molecule has 0 radical (unpaired) electrons. The van der Waals surface area contributed by atoms with Crippen molar-refractivity contribution in [3.63, 3.8) is 0 Å². The molecule has 0 fully saturated rings. The van der Waals surface area contributed by atoms with E-state index in [1.165, 1.54) is 0 Å². The van der Waals surface area contributed by atoms with E-state index in [4.69, 9.17) is 9.79 Å². The topological polar surface area (TPSA) is 83.8 Å². The summed E-state index contributed by atoms with van der Waals surface area (Å²) in [6, 6.07) is 0. The number of hydrogen-bond donors (Lipinski definition) is 2. The maximum Gasteiger partial charge on any atom is 0.350 e. The number of rotatable bonds is 5. The van der Waals surface area contributed by atoms with Gasteiger partial charge in [0.15, 0.2) is 5.78 Å². The molecule has 0 spiro atoms. The van der Waals surface area contributed by atoms with E-state index in [0.717, 1.165) is 0 Å². The molecule has 66 valence electrons. The molecule has 0 saturated heterocycles. The smallest absolute Gasteiger partial charge is 0.350 e. The van der Waals surface area contributed by atoms with Crippen LogP contribution in [0.25, 0.3) is 0 Å². The zero-order valence-electron chi connectivity index (χ0n) is 6.19. The lowest BCUT2D eigenvalue weighted by molar-refractivity contribution is -0.122. The van der Waals surface area contributed by atoms with Crippen molar-refractivity contribution in [3.05, 3.63) is 0 Å². The van der Waals surface area contributed by atoms with Crippen molar-refractivity contribution in [2.45, 2.75) is 13.3 Å². The van der Waals surface area contributed by atoms with Crippen molar-refractivity contribution in [3.8, 4) is 0 Å². The van der Waals surface area contributed by atoms with Gasteiger partial charge in [-0.05, 0) is 0 Å². The number of carbonyl (C=O) groups excluding carboxylic acids is 1. The van der Waals surface area contributed by atoms with Crippen molar-refractivity contribution in [2.24, 2.45) is 0 Å². The van der Waals surface area contributed by atoms with Gasteiger partial charge in [0.1, 0.15) is 13.0 Å². The number of hydrogen-bond acceptors (Lipinski definition) is 3. The maximum atomic E-state index is 10.5. The summed E-state index contributed by atoms with van der Waals surface area (Å²) in [5, 5.41) is 0. The summed E-state index contributed by atoms with van der Waals surface area (Å²) in [5.41, 5.74) is 0. The van der Waals surface area contributed by atoms with Crippen molar-refractivity contribution >= 4 is 13.4 Å². The Balaban J connectivity index is 3.43. The third kappa shape index (κ3) is 7.68. The number of ether oxygens (including phenoxy) is 1. The Hall–Kier alpha value is -0.220. The minimum Gasteiger partial charge on any atom is -0.361 e. The minimum atomic E-state index is -4.11. The van der Waals surface area contributed by atoms with Gasteiger partial charge in [0, 0.05) is 6.42 Å². The normalized spacial score (nSPS) is 11.5. The van der Waals surface area contributed by atoms with Crippen LogP contribution in [0.15, 0.2) is 0 Å². The molecule has 0 unspecified atom stereocenters. The molecular formula is C5H11O5P. The standard InChI is InChI=1S/C5H11O5P/c1-2-5(6)3-10-4-11(7,8)9/h2-4H2,1H3,(H2,7,8,9). The van der Waals surface area contributed by atoms with Crippen LogP contribution < -0.4 is 0 Å². The van der Waals surface area contributed by atoms with Gasteiger partial charge in [-0.2, -0.15) is 0 Å². The van der Waals surface area contributed by atoms with Gasteiger partial charge in [-0.3, -0.25) is 9.36 Å². The molecule has 0 atom stereocenters. The predicted octanol–water partition coefficient (Wildman–Crippen LogP) is 0.117. The highest BCUT2D eigenvalue weighted by Crippen LogP contribution is 2.33. The molecule has 5 nitrogen and oxygen atoms in total. The van der Waals surface area contributed by atoms with Crippen LogP contribution in [0.4, 0.5) is 0 Å². The molecule has 6 heteroatoms. The second-order valence-electron chi connectivity index (χ2n) is 2.03. The Labute approximate surface area is 64.5 Å². The van der Waals surface area contributed by atoms with Gasteiger partial charge >= 0.3 is 7.60 Å². The number of carbonyl (C=O) groups is 1. The molecule has 0 aliphatic heterocycles. The Morgan fingerprint density at radius 1 is 1.55 bits per heavy atom. The van der Waals surface area contributed by atoms with Crippen LogP contribution in [0.5, 0.6) is 0 Å². The van der Waals surface area contributed by atoms with Crippen LogP contribution in [0, 0.1) is 0 Å². The van der Waals surface area contributed by atoms with Gasteiger partial charge in [0.05, 0.1) is 0 Å². The third-order valence-corrected chi connectivity index (χ3v) is 1.44. The molecule has 0 aliphatic carbocycles. The average Bonchev–Trinajstić information content (AvgIpc) is 1.85. The summed E-state index contributed by atoms with van der Waals surface area (Å²) >= 11 is 0. The molecule has 0 aromatic heterocycles. The first kappa shape index (κ1) is 10.8. The zero-order chi connectivity index (χ0) is 8.91. The SMILES string of the molecule is CCC(=O)COCP(=O)(O)O. The van der Waals surface area contributed by atoms with E-state index in [9.17, 15) is 9.36 Å². The molecule has 0 bridgehead atoms. The Kier molecular flexibility index (Phi) is 4.52. The average molecular weight is 182 g/mol. The van der Waals surface area contributed by atoms with Crippen LogP contribution in [0.1, 0.15) is 13.3 Å². The third-order valence-electron chi connectivity index (χ3n) is 0.917. The molecular weight excluding hydrogens is 171 g/mol. The van der Waals surface area contributed by atoms with Gasteiger partial charge in [-0.15, -0.1) is 0 Å². The van der Waals surface area contributed by atoms with E-state index in [0.29, 0.717) is 6.42 Å². The Morgan fingerprint density at radius 3 is 2.45 bits per heavy atom. The summed E-state index contributed by atoms with van der Waals surface area (Å²) in [5.74, 6) is -0.168. The van der Waals surface area contributed by atoms with E-state index < -0.39 is 13.9 Å². The van der Waals surface area contributed by atoms with E-state index >= 15 is 0 Å². The first-order chi connectivity index (χ1) is 4.95. The van der Waals surface area contributed by atoms with Crippen LogP contribution in [0.2, 0.25) is 0 Å². The van der Waals surface area contributed by atoms with Gasteiger partial charge in [0.2, 0.25) is 0 Å². The van der Waals surface area contributed by atoms with Crippen LogP contribution in [-0.4, -0.2) is 28.5 Å². The van der Waals surface area contributed by atoms with E-state index in [1.54, 1.807) is 6.92 Å². The quantitative estimate of drug-likeness (QED) is 0.590. The van der Waals surface area contributed by atoms with Crippen molar-refractivity contribution in [1.29, 1.82) is 0 Å². The van der Waals surface area contributed by atoms with Crippen molar-refractivity contribution in [2.75, 3.05) is 13.0 Å². The molecule has 0 aromatic rings. The summed E-state index contributed by atoms with van der Waals surface area (Å²) in [6.45, 7) is 1.44. The lowest BCUT2D eigenvalue weighted by Crippen LogP contribution is -2.07. The highest BCUT2D eigenvalue weighted by molar-refractivity contribution is 7.51. The molecule has 0 aliphatic rings. The lowest BCUT2D eigenvalue weighted by atomic mass is 10.3. The number of Topliss-reactive ketones (excluding diaryl/α,β-unsaturated/α-hetero) is 1.